The highest BCUT2D eigenvalue weighted by molar-refractivity contribution is 5.71. The van der Waals surface area contributed by atoms with E-state index in [0.717, 1.165) is 64.2 Å². The molecule has 0 bridgehead atoms. The number of unbranched alkanes of at least 4 members (excludes halogenated alkanes) is 52. The SMILES string of the molecule is CCCCCCC/C=C\C/C=C\CCCCCCCCCCCC(=O)OCC(COC(=O)CCCCCCCCCCCCCCCCCCCCCC)OC(=O)CCCCCCCCCCCCCCCCCCCCCC. The van der Waals surface area contributed by atoms with Gasteiger partial charge in [-0.3, -0.25) is 14.4 Å². The van der Waals surface area contributed by atoms with Crippen LogP contribution in [0.25, 0.3) is 0 Å². The molecule has 0 radical (unpaired) electrons. The Bertz CT molecular complexity index is 1270. The fourth-order valence-corrected chi connectivity index (χ4v) is 11.1. The molecule has 0 aliphatic carbocycles. The molecule has 466 valence electrons. The van der Waals surface area contributed by atoms with E-state index in [2.05, 4.69) is 45.1 Å². The van der Waals surface area contributed by atoms with Crippen molar-refractivity contribution < 1.29 is 28.6 Å². The van der Waals surface area contributed by atoms with E-state index < -0.39 is 6.10 Å². The second kappa shape index (κ2) is 68.4. The summed E-state index contributed by atoms with van der Waals surface area (Å²) >= 11 is 0. The summed E-state index contributed by atoms with van der Waals surface area (Å²) in [6.07, 6.45) is 83.4. The Labute approximate surface area is 493 Å². The predicted molar refractivity (Wildman–Crippen MR) is 344 cm³/mol. The lowest BCUT2D eigenvalue weighted by molar-refractivity contribution is -0.167. The van der Waals surface area contributed by atoms with Crippen molar-refractivity contribution in [1.82, 2.24) is 0 Å². The molecule has 0 rings (SSSR count). The maximum absolute atomic E-state index is 13.0. The first-order valence-electron chi connectivity index (χ1n) is 35.8. The van der Waals surface area contributed by atoms with Gasteiger partial charge in [-0.2, -0.15) is 0 Å². The fourth-order valence-electron chi connectivity index (χ4n) is 11.1. The predicted octanol–water partition coefficient (Wildman–Crippen LogP) is 24.6. The van der Waals surface area contributed by atoms with Crippen LogP contribution in [0.15, 0.2) is 24.3 Å². The molecule has 0 aliphatic heterocycles. The zero-order valence-electron chi connectivity index (χ0n) is 53.7. The van der Waals surface area contributed by atoms with E-state index in [1.807, 2.05) is 0 Å². The van der Waals surface area contributed by atoms with Crippen molar-refractivity contribution in [1.29, 1.82) is 0 Å². The first kappa shape index (κ1) is 76.9. The van der Waals surface area contributed by atoms with Gasteiger partial charge in [-0.15, -0.1) is 0 Å². The molecule has 6 heteroatoms. The second-order valence-electron chi connectivity index (χ2n) is 24.5. The minimum absolute atomic E-state index is 0.0655. The van der Waals surface area contributed by atoms with E-state index in [0.29, 0.717) is 19.3 Å². The van der Waals surface area contributed by atoms with Crippen molar-refractivity contribution in [3.63, 3.8) is 0 Å². The van der Waals surface area contributed by atoms with Crippen molar-refractivity contribution >= 4 is 17.9 Å². The normalized spacial score (nSPS) is 12.1. The first-order valence-corrected chi connectivity index (χ1v) is 35.8. The zero-order chi connectivity index (χ0) is 57.1. The summed E-state index contributed by atoms with van der Waals surface area (Å²) in [7, 11) is 0. The van der Waals surface area contributed by atoms with Crippen LogP contribution in [-0.2, 0) is 28.6 Å². The first-order chi connectivity index (χ1) is 39.0. The number of esters is 3. The molecule has 0 N–H and O–H groups in total. The minimum Gasteiger partial charge on any atom is -0.462 e. The van der Waals surface area contributed by atoms with Crippen molar-refractivity contribution in [2.24, 2.45) is 0 Å². The van der Waals surface area contributed by atoms with E-state index >= 15 is 0 Å². The third kappa shape index (κ3) is 66.6. The number of allylic oxidation sites excluding steroid dienone is 4. The van der Waals surface area contributed by atoms with Crippen LogP contribution in [0.3, 0.4) is 0 Å². The van der Waals surface area contributed by atoms with Crippen molar-refractivity contribution in [3.05, 3.63) is 24.3 Å². The molecule has 0 saturated heterocycles. The summed E-state index contributed by atoms with van der Waals surface area (Å²) < 4.78 is 17.0. The Balaban J connectivity index is 4.31. The lowest BCUT2D eigenvalue weighted by Crippen LogP contribution is -2.30. The van der Waals surface area contributed by atoms with Crippen LogP contribution < -0.4 is 0 Å². The molecule has 6 nitrogen and oxygen atoms in total. The molecule has 79 heavy (non-hydrogen) atoms. The van der Waals surface area contributed by atoms with Crippen LogP contribution in [0.1, 0.15) is 406 Å². The summed E-state index contributed by atoms with van der Waals surface area (Å²) in [4.78, 5) is 38.5. The van der Waals surface area contributed by atoms with E-state index in [9.17, 15) is 14.4 Å². The van der Waals surface area contributed by atoms with Gasteiger partial charge >= 0.3 is 17.9 Å². The summed E-state index contributed by atoms with van der Waals surface area (Å²) in [6, 6.07) is 0. The lowest BCUT2D eigenvalue weighted by Gasteiger charge is -2.18. The molecule has 0 heterocycles. The number of ether oxygens (including phenoxy) is 3. The highest BCUT2D eigenvalue weighted by Gasteiger charge is 2.19. The highest BCUT2D eigenvalue weighted by atomic mass is 16.6. The molecule has 1 atom stereocenters. The summed E-state index contributed by atoms with van der Waals surface area (Å²) in [6.45, 7) is 6.72. The Kier molecular flexibility index (Phi) is 66.6. The monoisotopic (exact) mass is 1110 g/mol. The van der Waals surface area contributed by atoms with Crippen LogP contribution in [0.2, 0.25) is 0 Å². The molecule has 0 aromatic heterocycles. The van der Waals surface area contributed by atoms with Gasteiger partial charge in [0.05, 0.1) is 0 Å². The molecule has 0 aromatic rings. The smallest absolute Gasteiger partial charge is 0.306 e. The molecule has 0 aliphatic rings. The summed E-state index contributed by atoms with van der Waals surface area (Å²) in [5.74, 6) is -0.834. The van der Waals surface area contributed by atoms with Crippen molar-refractivity contribution in [2.75, 3.05) is 13.2 Å². The zero-order valence-corrected chi connectivity index (χ0v) is 53.7. The Morgan fingerprint density at radius 1 is 0.253 bits per heavy atom. The standard InChI is InChI=1S/C73H138O6/c1-4-7-10-13-16-19-22-25-28-31-34-37-40-42-45-48-51-54-57-60-63-66-72(75)78-69-70(79-73(76)67-64-61-58-55-52-49-46-43-39-36-33-30-27-24-21-18-15-12-9-6-3)68-77-71(74)65-62-59-56-53-50-47-44-41-38-35-32-29-26-23-20-17-14-11-8-5-2/h22,25,31,34,70H,4-21,23-24,26-30,32-33,35-69H2,1-3H3/b25-22-,34-31-. The third-order valence-electron chi connectivity index (χ3n) is 16.5. The molecule has 0 spiro atoms. The molecule has 0 amide bonds. The number of rotatable bonds is 67. The summed E-state index contributed by atoms with van der Waals surface area (Å²) in [5, 5.41) is 0. The maximum Gasteiger partial charge on any atom is 0.306 e. The average molecular weight is 1110 g/mol. The second-order valence-corrected chi connectivity index (χ2v) is 24.5. The highest BCUT2D eigenvalue weighted by Crippen LogP contribution is 2.19. The minimum atomic E-state index is -0.770. The molecule has 0 aromatic carbocycles. The number of carbonyl (C=O) groups excluding carboxylic acids is 3. The maximum atomic E-state index is 13.0. The molecule has 0 saturated carbocycles. The van der Waals surface area contributed by atoms with E-state index in [-0.39, 0.29) is 31.1 Å². The molecular formula is C73H138O6. The van der Waals surface area contributed by atoms with Gasteiger partial charge in [-0.25, -0.2) is 0 Å². The number of carbonyl (C=O) groups is 3. The van der Waals surface area contributed by atoms with Crippen LogP contribution in [0.4, 0.5) is 0 Å². The quantitative estimate of drug-likeness (QED) is 0.0261. The van der Waals surface area contributed by atoms with E-state index in [4.69, 9.17) is 14.2 Å². The topological polar surface area (TPSA) is 78.9 Å². The Hall–Kier alpha value is -2.11. The fraction of sp³-hybridized carbons (Fsp3) is 0.904. The Morgan fingerprint density at radius 3 is 0.696 bits per heavy atom. The summed E-state index contributed by atoms with van der Waals surface area (Å²) in [5.41, 5.74) is 0. The van der Waals surface area contributed by atoms with E-state index in [1.54, 1.807) is 0 Å². The number of hydrogen-bond donors (Lipinski definition) is 0. The van der Waals surface area contributed by atoms with Crippen molar-refractivity contribution in [3.8, 4) is 0 Å². The van der Waals surface area contributed by atoms with Gasteiger partial charge in [0, 0.05) is 19.3 Å². The van der Waals surface area contributed by atoms with Crippen LogP contribution in [0, 0.1) is 0 Å². The lowest BCUT2D eigenvalue weighted by atomic mass is 10.0. The van der Waals surface area contributed by atoms with Crippen LogP contribution >= 0.6 is 0 Å². The van der Waals surface area contributed by atoms with Crippen LogP contribution in [0.5, 0.6) is 0 Å². The average Bonchev–Trinajstić information content (AvgIpc) is 3.45. The van der Waals surface area contributed by atoms with Gasteiger partial charge in [-0.1, -0.05) is 360 Å². The third-order valence-corrected chi connectivity index (χ3v) is 16.5. The van der Waals surface area contributed by atoms with Gasteiger partial charge in [-0.05, 0) is 51.4 Å². The van der Waals surface area contributed by atoms with E-state index in [1.165, 1.54) is 302 Å². The van der Waals surface area contributed by atoms with Gasteiger partial charge in [0.1, 0.15) is 13.2 Å². The molecule has 0 fully saturated rings. The van der Waals surface area contributed by atoms with Crippen molar-refractivity contribution in [2.45, 2.75) is 412 Å². The molecular weight excluding hydrogens is 973 g/mol. The number of hydrogen-bond acceptors (Lipinski definition) is 6. The largest absolute Gasteiger partial charge is 0.462 e. The van der Waals surface area contributed by atoms with Crippen LogP contribution in [-0.4, -0.2) is 37.2 Å². The Morgan fingerprint density at radius 2 is 0.456 bits per heavy atom. The van der Waals surface area contributed by atoms with Gasteiger partial charge in [0.2, 0.25) is 0 Å². The van der Waals surface area contributed by atoms with Gasteiger partial charge in [0.25, 0.3) is 0 Å². The van der Waals surface area contributed by atoms with Gasteiger partial charge < -0.3 is 14.2 Å². The molecule has 1 unspecified atom stereocenters. The van der Waals surface area contributed by atoms with Gasteiger partial charge in [0.15, 0.2) is 6.10 Å².